The maximum absolute atomic E-state index is 12.7. The molecule has 0 spiro atoms. The molecular formula is C25H28N2O8. The first-order chi connectivity index (χ1) is 17.0. The van der Waals surface area contributed by atoms with Crippen molar-refractivity contribution in [3.8, 4) is 17.2 Å². The molecule has 3 aliphatic rings. The second-order valence-corrected chi connectivity index (χ2v) is 8.81. The minimum atomic E-state index is -0.556. The summed E-state index contributed by atoms with van der Waals surface area (Å²) in [6, 6.07) is 11.0. The lowest BCUT2D eigenvalue weighted by molar-refractivity contribution is -0.142. The summed E-state index contributed by atoms with van der Waals surface area (Å²) in [6.07, 6.45) is -0.580. The molecule has 0 aliphatic carbocycles. The van der Waals surface area contributed by atoms with E-state index < -0.39 is 6.10 Å². The summed E-state index contributed by atoms with van der Waals surface area (Å²) in [4.78, 5) is 24.6. The van der Waals surface area contributed by atoms with Crippen LogP contribution in [0.1, 0.15) is 29.9 Å². The Bertz CT molecular complexity index is 1110. The first kappa shape index (κ1) is 23.4. The average molecular weight is 485 g/mol. The van der Waals surface area contributed by atoms with Crippen LogP contribution in [-0.4, -0.2) is 62.3 Å². The van der Waals surface area contributed by atoms with Crippen LogP contribution in [0.15, 0.2) is 36.4 Å². The van der Waals surface area contributed by atoms with Crippen molar-refractivity contribution >= 4 is 17.5 Å². The third-order valence-electron chi connectivity index (χ3n) is 6.40. The highest BCUT2D eigenvalue weighted by Crippen LogP contribution is 2.47. The Morgan fingerprint density at radius 1 is 1.09 bits per heavy atom. The average Bonchev–Trinajstić information content (AvgIpc) is 3.46. The molecule has 3 N–H and O–H groups in total. The van der Waals surface area contributed by atoms with E-state index in [1.807, 2.05) is 24.3 Å². The van der Waals surface area contributed by atoms with Crippen LogP contribution < -0.4 is 24.8 Å². The van der Waals surface area contributed by atoms with E-state index in [0.717, 1.165) is 11.1 Å². The fourth-order valence-corrected chi connectivity index (χ4v) is 4.83. The molecule has 10 nitrogen and oxygen atoms in total. The van der Waals surface area contributed by atoms with Crippen LogP contribution >= 0.6 is 0 Å². The van der Waals surface area contributed by atoms with E-state index in [0.29, 0.717) is 35.9 Å². The standard InChI is InChI=1S/C25H28N2O8/c1-31-12-24(30)27-15-3-5-19-17(7-15)18-8-16(34-22(11-28)25(18)35-19)9-23(29)26-10-14-2-4-20-21(6-14)33-13-32-20/h2-7,16,18,22,25,28H,8-13H2,1H3,(H,26,29)(H,27,30)/t16-,18-,22-,25+/m1/s1. The molecule has 2 aromatic carbocycles. The zero-order chi connectivity index (χ0) is 24.4. The third-order valence-corrected chi connectivity index (χ3v) is 6.40. The molecule has 35 heavy (non-hydrogen) atoms. The van der Waals surface area contributed by atoms with Gasteiger partial charge in [-0.1, -0.05) is 6.07 Å². The summed E-state index contributed by atoms with van der Waals surface area (Å²) in [7, 11) is 1.46. The fourth-order valence-electron chi connectivity index (χ4n) is 4.83. The quantitative estimate of drug-likeness (QED) is 0.517. The lowest BCUT2D eigenvalue weighted by Gasteiger charge is -2.37. The topological polar surface area (TPSA) is 125 Å². The van der Waals surface area contributed by atoms with Crippen molar-refractivity contribution in [2.45, 2.75) is 43.6 Å². The number of aliphatic hydroxyl groups is 1. The van der Waals surface area contributed by atoms with E-state index in [1.165, 1.54) is 7.11 Å². The number of benzene rings is 2. The molecule has 0 bridgehead atoms. The number of rotatable bonds is 8. The lowest BCUT2D eigenvalue weighted by Crippen LogP contribution is -2.47. The predicted octanol–water partition coefficient (Wildman–Crippen LogP) is 1.70. The largest absolute Gasteiger partial charge is 0.487 e. The Morgan fingerprint density at radius 2 is 1.91 bits per heavy atom. The van der Waals surface area contributed by atoms with E-state index in [9.17, 15) is 14.7 Å². The van der Waals surface area contributed by atoms with Crippen molar-refractivity contribution in [3.05, 3.63) is 47.5 Å². The van der Waals surface area contributed by atoms with Gasteiger partial charge in [0.1, 0.15) is 24.6 Å². The van der Waals surface area contributed by atoms with Gasteiger partial charge in [-0.25, -0.2) is 0 Å². The van der Waals surface area contributed by atoms with Crippen molar-refractivity contribution in [3.63, 3.8) is 0 Å². The van der Waals surface area contributed by atoms with Gasteiger partial charge in [0.05, 0.1) is 19.1 Å². The molecule has 5 rings (SSSR count). The Morgan fingerprint density at radius 3 is 2.74 bits per heavy atom. The molecule has 0 radical (unpaired) electrons. The SMILES string of the molecule is COCC(=O)Nc1ccc2c(c1)[C@H]1C[C@H](CC(=O)NCc3ccc4c(c3)OCO4)O[C@H](CO)[C@H]1O2. The number of nitrogens with one attached hydrogen (secondary N) is 2. The molecular weight excluding hydrogens is 456 g/mol. The van der Waals surface area contributed by atoms with Crippen LogP contribution in [0.3, 0.4) is 0 Å². The molecule has 3 aliphatic heterocycles. The van der Waals surface area contributed by atoms with Crippen molar-refractivity contribution in [2.75, 3.05) is 32.4 Å². The highest BCUT2D eigenvalue weighted by Gasteiger charge is 2.46. The Hall–Kier alpha value is -3.34. The minimum Gasteiger partial charge on any atom is -0.487 e. The first-order valence-corrected chi connectivity index (χ1v) is 11.5. The molecule has 0 saturated carbocycles. The van der Waals surface area contributed by atoms with Gasteiger partial charge >= 0.3 is 0 Å². The van der Waals surface area contributed by atoms with E-state index in [2.05, 4.69) is 10.6 Å². The molecule has 0 unspecified atom stereocenters. The van der Waals surface area contributed by atoms with Gasteiger partial charge in [0.25, 0.3) is 0 Å². The summed E-state index contributed by atoms with van der Waals surface area (Å²) in [5.74, 6) is 1.59. The molecule has 1 fully saturated rings. The zero-order valence-electron chi connectivity index (χ0n) is 19.3. The summed E-state index contributed by atoms with van der Waals surface area (Å²) in [6.45, 7) is 0.297. The molecule has 1 saturated heterocycles. The van der Waals surface area contributed by atoms with Gasteiger partial charge in [0.2, 0.25) is 18.6 Å². The monoisotopic (exact) mass is 484 g/mol. The van der Waals surface area contributed by atoms with Crippen LogP contribution in [0.4, 0.5) is 5.69 Å². The van der Waals surface area contributed by atoms with Crippen molar-refractivity contribution in [1.82, 2.24) is 5.32 Å². The molecule has 3 heterocycles. The number of fused-ring (bicyclic) bond motifs is 4. The maximum atomic E-state index is 12.7. The normalized spacial score (nSPS) is 23.7. The highest BCUT2D eigenvalue weighted by atomic mass is 16.7. The maximum Gasteiger partial charge on any atom is 0.250 e. The smallest absolute Gasteiger partial charge is 0.250 e. The van der Waals surface area contributed by atoms with Crippen LogP contribution in [0.5, 0.6) is 17.2 Å². The van der Waals surface area contributed by atoms with Gasteiger partial charge in [-0.05, 0) is 42.3 Å². The van der Waals surface area contributed by atoms with Gasteiger partial charge in [0, 0.05) is 30.8 Å². The van der Waals surface area contributed by atoms with E-state index in [1.54, 1.807) is 12.1 Å². The number of methoxy groups -OCH3 is 1. The first-order valence-electron chi connectivity index (χ1n) is 11.5. The molecule has 2 aromatic rings. The number of hydrogen-bond acceptors (Lipinski definition) is 8. The second-order valence-electron chi connectivity index (χ2n) is 8.81. The van der Waals surface area contributed by atoms with Gasteiger partial charge < -0.3 is 39.4 Å². The van der Waals surface area contributed by atoms with E-state index >= 15 is 0 Å². The van der Waals surface area contributed by atoms with Crippen LogP contribution in [0.25, 0.3) is 0 Å². The number of hydrogen-bond donors (Lipinski definition) is 3. The Kier molecular flexibility index (Phi) is 6.76. The predicted molar refractivity (Wildman–Crippen MR) is 123 cm³/mol. The number of ether oxygens (including phenoxy) is 5. The summed E-state index contributed by atoms with van der Waals surface area (Å²) < 4.78 is 27.7. The summed E-state index contributed by atoms with van der Waals surface area (Å²) in [5.41, 5.74) is 2.47. The minimum absolute atomic E-state index is 0.0382. The zero-order valence-corrected chi connectivity index (χ0v) is 19.3. The van der Waals surface area contributed by atoms with Crippen molar-refractivity contribution in [2.24, 2.45) is 0 Å². The number of carbonyl (C=O) groups is 2. The lowest BCUT2D eigenvalue weighted by atomic mass is 9.84. The van der Waals surface area contributed by atoms with Crippen molar-refractivity contribution in [1.29, 1.82) is 0 Å². The van der Waals surface area contributed by atoms with Gasteiger partial charge in [0.15, 0.2) is 11.5 Å². The fraction of sp³-hybridized carbons (Fsp3) is 0.440. The number of aliphatic hydroxyl groups excluding tert-OH is 1. The van der Waals surface area contributed by atoms with E-state index in [4.69, 9.17) is 23.7 Å². The van der Waals surface area contributed by atoms with Gasteiger partial charge in [-0.3, -0.25) is 9.59 Å². The third kappa shape index (κ3) is 5.04. The van der Waals surface area contributed by atoms with Crippen molar-refractivity contribution < 1.29 is 38.4 Å². The van der Waals surface area contributed by atoms with Gasteiger partial charge in [-0.2, -0.15) is 0 Å². The number of amides is 2. The van der Waals surface area contributed by atoms with Gasteiger partial charge in [-0.15, -0.1) is 0 Å². The number of anilines is 1. The molecule has 0 aromatic heterocycles. The van der Waals surface area contributed by atoms with Crippen LogP contribution in [-0.2, 0) is 25.6 Å². The Balaban J connectivity index is 1.22. The molecule has 10 heteroatoms. The van der Waals surface area contributed by atoms with E-state index in [-0.39, 0.29) is 56.4 Å². The molecule has 4 atom stereocenters. The van der Waals surface area contributed by atoms with Crippen LogP contribution in [0.2, 0.25) is 0 Å². The Labute approximate surface area is 202 Å². The number of carbonyl (C=O) groups excluding carboxylic acids is 2. The summed E-state index contributed by atoms with van der Waals surface area (Å²) >= 11 is 0. The second kappa shape index (κ2) is 10.1. The molecule has 186 valence electrons. The summed E-state index contributed by atoms with van der Waals surface area (Å²) in [5, 5.41) is 15.7. The molecule has 2 amide bonds. The van der Waals surface area contributed by atoms with Crippen LogP contribution in [0, 0.1) is 0 Å². The highest BCUT2D eigenvalue weighted by molar-refractivity contribution is 5.92.